The van der Waals surface area contributed by atoms with Crippen LogP contribution in [0.2, 0.25) is 0 Å². The predicted octanol–water partition coefficient (Wildman–Crippen LogP) is 5.29. The molecule has 3 heterocycles. The maximum atomic E-state index is 13.1. The lowest BCUT2D eigenvalue weighted by atomic mass is 10.1. The van der Waals surface area contributed by atoms with E-state index in [0.717, 1.165) is 30.2 Å². The summed E-state index contributed by atoms with van der Waals surface area (Å²) in [6.45, 7) is 3.62. The zero-order valence-electron chi connectivity index (χ0n) is 22.1. The summed E-state index contributed by atoms with van der Waals surface area (Å²) in [5, 5.41) is 9.76. The van der Waals surface area contributed by atoms with Crippen molar-refractivity contribution in [1.82, 2.24) is 29.7 Å². The molecule has 0 spiro atoms. The van der Waals surface area contributed by atoms with E-state index < -0.39 is 11.9 Å². The Labute approximate surface area is 228 Å². The lowest BCUT2D eigenvalue weighted by Gasteiger charge is -2.15. The fourth-order valence-corrected chi connectivity index (χ4v) is 4.20. The van der Waals surface area contributed by atoms with E-state index in [9.17, 15) is 18.0 Å². The number of nitrogens with zero attached hydrogens (tertiary/aromatic N) is 6. The Bertz CT molecular complexity index is 1530. The zero-order chi connectivity index (χ0) is 28.4. The maximum absolute atomic E-state index is 13.1. The largest absolute Gasteiger partial charge is 0.480 e. The Morgan fingerprint density at radius 3 is 2.52 bits per heavy atom. The molecule has 4 aromatic rings. The van der Waals surface area contributed by atoms with E-state index in [1.165, 1.54) is 24.3 Å². The first-order chi connectivity index (χ1) is 19.2. The van der Waals surface area contributed by atoms with Crippen LogP contribution in [-0.4, -0.2) is 42.7 Å². The van der Waals surface area contributed by atoms with Crippen LogP contribution in [0.4, 0.5) is 24.7 Å². The molecule has 0 saturated heterocycles. The van der Waals surface area contributed by atoms with Crippen LogP contribution in [0.15, 0.2) is 42.9 Å². The van der Waals surface area contributed by atoms with E-state index in [-0.39, 0.29) is 18.2 Å². The number of benzene rings is 1. The van der Waals surface area contributed by atoms with Crippen molar-refractivity contribution in [2.24, 2.45) is 0 Å². The Kier molecular flexibility index (Phi) is 7.37. The summed E-state index contributed by atoms with van der Waals surface area (Å²) < 4.78 is 45.9. The van der Waals surface area contributed by atoms with Gasteiger partial charge in [-0.1, -0.05) is 19.1 Å². The fraction of sp³-hybridized carbons (Fsp3) is 0.333. The molecule has 1 fully saturated rings. The van der Waals surface area contributed by atoms with Crippen molar-refractivity contribution in [3.63, 3.8) is 0 Å². The minimum Gasteiger partial charge on any atom is -0.480 e. The number of methoxy groups -OCH3 is 1. The summed E-state index contributed by atoms with van der Waals surface area (Å²) in [5.41, 5.74) is 2.60. The third-order valence-corrected chi connectivity index (χ3v) is 6.43. The molecule has 1 amide bonds. The van der Waals surface area contributed by atoms with Crippen LogP contribution in [0.3, 0.4) is 0 Å². The molecule has 0 radical (unpaired) electrons. The van der Waals surface area contributed by atoms with Crippen LogP contribution >= 0.6 is 0 Å². The number of alkyl halides is 3. The van der Waals surface area contributed by atoms with E-state index in [0.29, 0.717) is 46.7 Å². The number of carbonyl (C=O) groups excluding carboxylic acids is 1. The number of halogens is 3. The first kappa shape index (κ1) is 27.0. The standard InChI is InChI=1S/C27H27F3N8O2/c1-4-21(39)35-19-13-32-25(22-23(17-7-8-17)33-14-34-26(22)40-3)36-24(19)31-12-16-5-9-18(10-6-16)38-15(2)11-20(37-38)27(28,29)30/h5-6,9-11,13-14,17H,4,7-8,12H2,1-3H3,(H,35,39)(H,31,32,36). The minimum atomic E-state index is -4.52. The smallest absolute Gasteiger partial charge is 0.435 e. The second-order valence-electron chi connectivity index (χ2n) is 9.38. The van der Waals surface area contributed by atoms with Gasteiger partial charge in [0.2, 0.25) is 11.8 Å². The third kappa shape index (κ3) is 5.72. The lowest BCUT2D eigenvalue weighted by Crippen LogP contribution is -2.14. The molecular formula is C27H27F3N8O2. The number of amides is 1. The second-order valence-corrected chi connectivity index (χ2v) is 9.38. The molecule has 3 aromatic heterocycles. The number of aromatic nitrogens is 6. The Balaban J connectivity index is 1.42. The molecule has 208 valence electrons. The van der Waals surface area contributed by atoms with Crippen LogP contribution in [0.1, 0.15) is 54.7 Å². The highest BCUT2D eigenvalue weighted by Gasteiger charge is 2.34. The number of ether oxygens (including phenoxy) is 1. The molecule has 10 nitrogen and oxygen atoms in total. The van der Waals surface area contributed by atoms with Crippen molar-refractivity contribution in [2.75, 3.05) is 17.7 Å². The lowest BCUT2D eigenvalue weighted by molar-refractivity contribution is -0.141. The van der Waals surface area contributed by atoms with Gasteiger partial charge in [-0.25, -0.2) is 24.6 Å². The van der Waals surface area contributed by atoms with E-state index in [4.69, 9.17) is 9.72 Å². The van der Waals surface area contributed by atoms with Gasteiger partial charge in [-0.2, -0.15) is 18.3 Å². The quantitative estimate of drug-likeness (QED) is 0.287. The topological polar surface area (TPSA) is 120 Å². The average Bonchev–Trinajstić information content (AvgIpc) is 3.72. The number of aryl methyl sites for hydroxylation is 1. The first-order valence-electron chi connectivity index (χ1n) is 12.7. The predicted molar refractivity (Wildman–Crippen MR) is 141 cm³/mol. The number of rotatable bonds is 9. The Morgan fingerprint density at radius 1 is 1.15 bits per heavy atom. The van der Waals surface area contributed by atoms with E-state index in [1.54, 1.807) is 38.1 Å². The van der Waals surface area contributed by atoms with Crippen LogP contribution in [0.25, 0.3) is 17.1 Å². The molecule has 1 aliphatic carbocycles. The summed E-state index contributed by atoms with van der Waals surface area (Å²) >= 11 is 0. The summed E-state index contributed by atoms with van der Waals surface area (Å²) in [7, 11) is 1.52. The van der Waals surface area contributed by atoms with Crippen LogP contribution in [0.5, 0.6) is 5.88 Å². The van der Waals surface area contributed by atoms with Crippen molar-refractivity contribution < 1.29 is 22.7 Å². The van der Waals surface area contributed by atoms with Gasteiger partial charge < -0.3 is 15.4 Å². The van der Waals surface area contributed by atoms with E-state index in [1.807, 2.05) is 0 Å². The maximum Gasteiger partial charge on any atom is 0.435 e. The van der Waals surface area contributed by atoms with Gasteiger partial charge in [-0.3, -0.25) is 4.79 Å². The number of hydrogen-bond acceptors (Lipinski definition) is 8. The highest BCUT2D eigenvalue weighted by Crippen LogP contribution is 2.45. The Hall–Kier alpha value is -4.55. The van der Waals surface area contributed by atoms with E-state index >= 15 is 0 Å². The zero-order valence-corrected chi connectivity index (χ0v) is 22.1. The van der Waals surface area contributed by atoms with Gasteiger partial charge in [0.15, 0.2) is 17.3 Å². The van der Waals surface area contributed by atoms with Crippen molar-refractivity contribution in [3.05, 3.63) is 65.5 Å². The summed E-state index contributed by atoms with van der Waals surface area (Å²) in [6, 6.07) is 7.95. The van der Waals surface area contributed by atoms with Crippen LogP contribution in [-0.2, 0) is 17.5 Å². The summed E-state index contributed by atoms with van der Waals surface area (Å²) in [5.74, 6) is 1.21. The number of hydrogen-bond donors (Lipinski definition) is 2. The van der Waals surface area contributed by atoms with Crippen molar-refractivity contribution in [1.29, 1.82) is 0 Å². The summed E-state index contributed by atoms with van der Waals surface area (Å²) in [4.78, 5) is 30.1. The Morgan fingerprint density at radius 2 is 1.90 bits per heavy atom. The number of carbonyl (C=O) groups is 1. The molecular weight excluding hydrogens is 525 g/mol. The molecule has 0 bridgehead atoms. The highest BCUT2D eigenvalue weighted by molar-refractivity contribution is 5.93. The molecule has 13 heteroatoms. The normalized spacial score (nSPS) is 13.2. The van der Waals surface area contributed by atoms with Gasteiger partial charge in [-0.05, 0) is 43.5 Å². The van der Waals surface area contributed by atoms with Gasteiger partial charge in [-0.15, -0.1) is 0 Å². The van der Waals surface area contributed by atoms with Crippen LogP contribution in [0, 0.1) is 6.92 Å². The van der Waals surface area contributed by atoms with Gasteiger partial charge in [0.05, 0.1) is 24.7 Å². The van der Waals surface area contributed by atoms with Gasteiger partial charge >= 0.3 is 6.18 Å². The molecule has 1 aromatic carbocycles. The molecule has 0 atom stereocenters. The molecule has 0 unspecified atom stereocenters. The summed E-state index contributed by atoms with van der Waals surface area (Å²) in [6.07, 6.45) is 0.768. The fourth-order valence-electron chi connectivity index (χ4n) is 4.20. The number of anilines is 2. The monoisotopic (exact) mass is 552 g/mol. The van der Waals surface area contributed by atoms with Crippen molar-refractivity contribution in [3.8, 4) is 23.0 Å². The molecule has 2 N–H and O–H groups in total. The minimum absolute atomic E-state index is 0.198. The average molecular weight is 553 g/mol. The van der Waals surface area contributed by atoms with Gasteiger partial charge in [0.25, 0.3) is 0 Å². The molecule has 5 rings (SSSR count). The van der Waals surface area contributed by atoms with Crippen LogP contribution < -0.4 is 15.4 Å². The first-order valence-corrected chi connectivity index (χ1v) is 12.7. The van der Waals surface area contributed by atoms with Crippen molar-refractivity contribution >= 4 is 17.4 Å². The SMILES string of the molecule is CCC(=O)Nc1cnc(-c2c(OC)ncnc2C2CC2)nc1NCc1ccc(-n2nc(C(F)(F)F)cc2C)cc1. The molecule has 0 aliphatic heterocycles. The van der Waals surface area contributed by atoms with Crippen molar-refractivity contribution in [2.45, 2.75) is 51.7 Å². The van der Waals surface area contributed by atoms with Gasteiger partial charge in [0, 0.05) is 24.6 Å². The molecule has 1 saturated carbocycles. The van der Waals surface area contributed by atoms with E-state index in [2.05, 4.69) is 30.7 Å². The third-order valence-electron chi connectivity index (χ3n) is 6.43. The van der Waals surface area contributed by atoms with Gasteiger partial charge in [0.1, 0.15) is 17.6 Å². The molecule has 40 heavy (non-hydrogen) atoms. The molecule has 1 aliphatic rings. The number of nitrogens with one attached hydrogen (secondary N) is 2. The highest BCUT2D eigenvalue weighted by atomic mass is 19.4. The second kappa shape index (κ2) is 10.9.